The van der Waals surface area contributed by atoms with Crippen LogP contribution in [0.1, 0.15) is 36.3 Å². The van der Waals surface area contributed by atoms with Crippen LogP contribution < -0.4 is 5.32 Å². The van der Waals surface area contributed by atoms with E-state index in [0.29, 0.717) is 13.1 Å². The molecular formula is C20H21F3N2O. The summed E-state index contributed by atoms with van der Waals surface area (Å²) in [6.45, 7) is 1.17. The number of nitrogens with one attached hydrogen (secondary N) is 1. The van der Waals surface area contributed by atoms with Crippen LogP contribution in [0.3, 0.4) is 0 Å². The molecule has 0 bridgehead atoms. The zero-order valence-electron chi connectivity index (χ0n) is 14.3. The van der Waals surface area contributed by atoms with Crippen molar-refractivity contribution >= 4 is 11.7 Å². The average Bonchev–Trinajstić information content (AvgIpc) is 2.88. The largest absolute Gasteiger partial charge is 0.416 e. The maximum atomic E-state index is 12.8. The molecule has 1 atom stereocenters. The van der Waals surface area contributed by atoms with Crippen molar-refractivity contribution in [3.8, 4) is 0 Å². The molecule has 0 aromatic heterocycles. The van der Waals surface area contributed by atoms with E-state index in [1.807, 2.05) is 18.2 Å². The lowest BCUT2D eigenvalue weighted by Gasteiger charge is -2.25. The monoisotopic (exact) mass is 362 g/mol. The first-order valence-corrected chi connectivity index (χ1v) is 8.71. The second-order valence-electron chi connectivity index (χ2n) is 6.56. The molecule has 0 radical (unpaired) electrons. The van der Waals surface area contributed by atoms with E-state index in [9.17, 15) is 18.0 Å². The summed E-state index contributed by atoms with van der Waals surface area (Å²) < 4.78 is 38.5. The Hall–Kier alpha value is -2.50. The van der Waals surface area contributed by atoms with Crippen LogP contribution in [0.25, 0.3) is 0 Å². The summed E-state index contributed by atoms with van der Waals surface area (Å²) in [5.41, 5.74) is 0.574. The van der Waals surface area contributed by atoms with E-state index in [-0.39, 0.29) is 17.6 Å². The third-order valence-corrected chi connectivity index (χ3v) is 4.67. The van der Waals surface area contributed by atoms with Gasteiger partial charge in [0.15, 0.2) is 0 Å². The van der Waals surface area contributed by atoms with Crippen molar-refractivity contribution in [1.29, 1.82) is 0 Å². The zero-order valence-corrected chi connectivity index (χ0v) is 14.3. The quantitative estimate of drug-likeness (QED) is 0.751. The van der Waals surface area contributed by atoms with Crippen molar-refractivity contribution in [2.24, 2.45) is 0 Å². The smallest absolute Gasteiger partial charge is 0.324 e. The lowest BCUT2D eigenvalue weighted by Crippen LogP contribution is -2.37. The van der Waals surface area contributed by atoms with E-state index in [0.717, 1.165) is 31.4 Å². The van der Waals surface area contributed by atoms with Gasteiger partial charge in [0, 0.05) is 24.7 Å². The SMILES string of the molecule is O=C(Nc1cccc(C(F)(F)F)c1)N1CCCCC(c2ccccc2)C1. The van der Waals surface area contributed by atoms with E-state index in [1.165, 1.54) is 17.7 Å². The molecule has 138 valence electrons. The van der Waals surface area contributed by atoms with Crippen LogP contribution in [-0.4, -0.2) is 24.0 Å². The number of likely N-dealkylation sites (tertiary alicyclic amines) is 1. The number of urea groups is 1. The van der Waals surface area contributed by atoms with Gasteiger partial charge in [-0.1, -0.05) is 42.8 Å². The maximum Gasteiger partial charge on any atom is 0.416 e. The topological polar surface area (TPSA) is 32.3 Å². The Morgan fingerprint density at radius 1 is 1.04 bits per heavy atom. The fourth-order valence-corrected chi connectivity index (χ4v) is 3.30. The highest BCUT2D eigenvalue weighted by Crippen LogP contribution is 2.31. The Morgan fingerprint density at radius 2 is 1.81 bits per heavy atom. The Bertz CT molecular complexity index is 746. The number of rotatable bonds is 2. The van der Waals surface area contributed by atoms with Gasteiger partial charge in [0.2, 0.25) is 0 Å². The number of amides is 2. The molecule has 3 rings (SSSR count). The molecule has 1 saturated heterocycles. The first-order chi connectivity index (χ1) is 12.4. The van der Waals surface area contributed by atoms with Crippen LogP contribution in [0.4, 0.5) is 23.7 Å². The second kappa shape index (κ2) is 7.81. The molecule has 2 amide bonds. The predicted octanol–water partition coefficient (Wildman–Crippen LogP) is 5.51. The summed E-state index contributed by atoms with van der Waals surface area (Å²) in [5.74, 6) is 0.242. The molecule has 1 aliphatic rings. The number of halogens is 3. The van der Waals surface area contributed by atoms with Gasteiger partial charge in [0.1, 0.15) is 0 Å². The van der Waals surface area contributed by atoms with Crippen molar-refractivity contribution in [3.05, 3.63) is 65.7 Å². The minimum absolute atomic E-state index is 0.158. The predicted molar refractivity (Wildman–Crippen MR) is 95.1 cm³/mol. The first kappa shape index (κ1) is 18.3. The Balaban J connectivity index is 1.70. The van der Waals surface area contributed by atoms with E-state index >= 15 is 0 Å². The number of alkyl halides is 3. The van der Waals surface area contributed by atoms with Gasteiger partial charge in [-0.2, -0.15) is 13.2 Å². The van der Waals surface area contributed by atoms with Gasteiger partial charge in [-0.25, -0.2) is 4.79 Å². The highest BCUT2D eigenvalue weighted by atomic mass is 19.4. The molecule has 1 heterocycles. The summed E-state index contributed by atoms with van der Waals surface area (Å²) in [7, 11) is 0. The molecule has 2 aromatic rings. The van der Waals surface area contributed by atoms with Gasteiger partial charge in [-0.3, -0.25) is 0 Å². The highest BCUT2D eigenvalue weighted by molar-refractivity contribution is 5.89. The first-order valence-electron chi connectivity index (χ1n) is 8.71. The second-order valence-corrected chi connectivity index (χ2v) is 6.56. The van der Waals surface area contributed by atoms with Crippen LogP contribution >= 0.6 is 0 Å². The standard InChI is InChI=1S/C20H21F3N2O/c21-20(22,23)17-10-6-11-18(13-17)24-19(26)25-12-5-4-9-16(14-25)15-7-2-1-3-8-15/h1-3,6-8,10-11,13,16H,4-5,9,12,14H2,(H,24,26). The Labute approximate surface area is 150 Å². The molecule has 6 heteroatoms. The van der Waals surface area contributed by atoms with Gasteiger partial charge >= 0.3 is 12.2 Å². The Morgan fingerprint density at radius 3 is 2.54 bits per heavy atom. The zero-order chi connectivity index (χ0) is 18.6. The average molecular weight is 362 g/mol. The van der Waals surface area contributed by atoms with Gasteiger partial charge in [0.05, 0.1) is 5.56 Å². The third kappa shape index (κ3) is 4.56. The number of anilines is 1. The number of nitrogens with zero attached hydrogens (tertiary/aromatic N) is 1. The summed E-state index contributed by atoms with van der Waals surface area (Å²) in [6, 6.07) is 14.4. The summed E-state index contributed by atoms with van der Waals surface area (Å²) >= 11 is 0. The fourth-order valence-electron chi connectivity index (χ4n) is 3.30. The highest BCUT2D eigenvalue weighted by Gasteiger charge is 2.30. The molecule has 0 aliphatic carbocycles. The van der Waals surface area contributed by atoms with Crippen molar-refractivity contribution in [1.82, 2.24) is 4.90 Å². The minimum Gasteiger partial charge on any atom is -0.324 e. The minimum atomic E-state index is -4.43. The molecule has 1 fully saturated rings. The number of benzene rings is 2. The van der Waals surface area contributed by atoms with E-state index < -0.39 is 11.7 Å². The van der Waals surface area contributed by atoms with E-state index in [4.69, 9.17) is 0 Å². The molecule has 0 saturated carbocycles. The van der Waals surface area contributed by atoms with Crippen LogP contribution in [0.2, 0.25) is 0 Å². The molecule has 1 N–H and O–H groups in total. The van der Waals surface area contributed by atoms with Crippen LogP contribution in [0, 0.1) is 0 Å². The summed E-state index contributed by atoms with van der Waals surface area (Å²) in [6.07, 6.45) is -1.52. The van der Waals surface area contributed by atoms with Gasteiger partial charge in [0.25, 0.3) is 0 Å². The number of hydrogen-bond donors (Lipinski definition) is 1. The molecule has 1 unspecified atom stereocenters. The van der Waals surface area contributed by atoms with Gasteiger partial charge in [-0.05, 0) is 36.6 Å². The number of carbonyl (C=O) groups is 1. The molecule has 1 aliphatic heterocycles. The third-order valence-electron chi connectivity index (χ3n) is 4.67. The normalized spacial score (nSPS) is 18.3. The van der Waals surface area contributed by atoms with Crippen molar-refractivity contribution in [2.75, 3.05) is 18.4 Å². The lowest BCUT2D eigenvalue weighted by atomic mass is 9.94. The van der Waals surface area contributed by atoms with Crippen LogP contribution in [0.5, 0.6) is 0 Å². The fraction of sp³-hybridized carbons (Fsp3) is 0.350. The summed E-state index contributed by atoms with van der Waals surface area (Å²) in [4.78, 5) is 14.3. The molecule has 3 nitrogen and oxygen atoms in total. The van der Waals surface area contributed by atoms with Gasteiger partial charge in [-0.15, -0.1) is 0 Å². The molecular weight excluding hydrogens is 341 g/mol. The molecule has 26 heavy (non-hydrogen) atoms. The number of hydrogen-bond acceptors (Lipinski definition) is 1. The summed E-state index contributed by atoms with van der Waals surface area (Å²) in [5, 5.41) is 2.61. The van der Waals surface area contributed by atoms with Crippen molar-refractivity contribution in [3.63, 3.8) is 0 Å². The maximum absolute atomic E-state index is 12.8. The van der Waals surface area contributed by atoms with Crippen LogP contribution in [0.15, 0.2) is 54.6 Å². The van der Waals surface area contributed by atoms with Crippen molar-refractivity contribution < 1.29 is 18.0 Å². The lowest BCUT2D eigenvalue weighted by molar-refractivity contribution is -0.137. The molecule has 2 aromatic carbocycles. The van der Waals surface area contributed by atoms with E-state index in [2.05, 4.69) is 17.4 Å². The Kier molecular flexibility index (Phi) is 5.49. The van der Waals surface area contributed by atoms with E-state index in [1.54, 1.807) is 4.90 Å². The van der Waals surface area contributed by atoms with Gasteiger partial charge < -0.3 is 10.2 Å². The molecule has 0 spiro atoms. The van der Waals surface area contributed by atoms with Crippen LogP contribution in [-0.2, 0) is 6.18 Å². The van der Waals surface area contributed by atoms with Crippen molar-refractivity contribution in [2.45, 2.75) is 31.4 Å². The number of carbonyl (C=O) groups excluding carboxylic acids is 1.